The number of rotatable bonds is 6. The highest BCUT2D eigenvalue weighted by atomic mass is 16.4. The summed E-state index contributed by atoms with van der Waals surface area (Å²) in [6.07, 6.45) is 2.28. The molecule has 0 atom stereocenters. The van der Waals surface area contributed by atoms with Crippen LogP contribution in [-0.2, 0) is 6.54 Å². The highest BCUT2D eigenvalue weighted by Gasteiger charge is 2.10. The number of carboxylic acids is 1. The highest BCUT2D eigenvalue weighted by molar-refractivity contribution is 5.87. The molecule has 0 aliphatic heterocycles. The quantitative estimate of drug-likeness (QED) is 0.824. The predicted octanol–water partition coefficient (Wildman–Crippen LogP) is 3.01. The van der Waals surface area contributed by atoms with Gasteiger partial charge < -0.3 is 5.11 Å². The van der Waals surface area contributed by atoms with E-state index in [9.17, 15) is 4.79 Å². The van der Waals surface area contributed by atoms with Gasteiger partial charge in [-0.05, 0) is 37.6 Å². The molecular weight excluding hydrogens is 214 g/mol. The van der Waals surface area contributed by atoms with Crippen molar-refractivity contribution in [1.82, 2.24) is 4.90 Å². The molecule has 1 aromatic carbocycles. The molecule has 3 nitrogen and oxygen atoms in total. The number of aromatic carboxylic acids is 1. The SMILES string of the molecule is CCC(CC)N(C)Cc1ccc(C(=O)O)cc1. The van der Waals surface area contributed by atoms with Crippen LogP contribution in [-0.4, -0.2) is 29.1 Å². The molecule has 0 heterocycles. The van der Waals surface area contributed by atoms with E-state index in [-0.39, 0.29) is 0 Å². The number of hydrogen-bond donors (Lipinski definition) is 1. The first-order valence-electron chi connectivity index (χ1n) is 6.11. The van der Waals surface area contributed by atoms with Gasteiger partial charge in [-0.2, -0.15) is 0 Å². The number of hydrogen-bond acceptors (Lipinski definition) is 2. The van der Waals surface area contributed by atoms with Gasteiger partial charge in [0.15, 0.2) is 0 Å². The summed E-state index contributed by atoms with van der Waals surface area (Å²) in [4.78, 5) is 13.0. The number of nitrogens with zero attached hydrogens (tertiary/aromatic N) is 1. The van der Waals surface area contributed by atoms with Crippen molar-refractivity contribution in [2.24, 2.45) is 0 Å². The smallest absolute Gasteiger partial charge is 0.335 e. The van der Waals surface area contributed by atoms with E-state index in [1.165, 1.54) is 0 Å². The van der Waals surface area contributed by atoms with E-state index >= 15 is 0 Å². The average Bonchev–Trinajstić information content (AvgIpc) is 2.31. The normalized spacial score (nSPS) is 11.1. The molecule has 0 bridgehead atoms. The van der Waals surface area contributed by atoms with Gasteiger partial charge in [-0.3, -0.25) is 4.90 Å². The molecule has 0 spiro atoms. The lowest BCUT2D eigenvalue weighted by Gasteiger charge is -2.26. The fourth-order valence-corrected chi connectivity index (χ4v) is 2.08. The summed E-state index contributed by atoms with van der Waals surface area (Å²) in [6, 6.07) is 7.70. The molecule has 0 radical (unpaired) electrons. The molecule has 0 aliphatic rings. The van der Waals surface area contributed by atoms with Crippen LogP contribution in [0, 0.1) is 0 Å². The van der Waals surface area contributed by atoms with Crippen LogP contribution in [0.5, 0.6) is 0 Å². The van der Waals surface area contributed by atoms with Gasteiger partial charge in [-0.15, -0.1) is 0 Å². The van der Waals surface area contributed by atoms with E-state index in [1.807, 2.05) is 12.1 Å². The van der Waals surface area contributed by atoms with Crippen LogP contribution >= 0.6 is 0 Å². The van der Waals surface area contributed by atoms with Crippen LogP contribution in [0.25, 0.3) is 0 Å². The average molecular weight is 235 g/mol. The molecule has 1 N–H and O–H groups in total. The van der Waals surface area contributed by atoms with E-state index in [0.29, 0.717) is 11.6 Å². The largest absolute Gasteiger partial charge is 0.478 e. The zero-order chi connectivity index (χ0) is 12.8. The molecule has 0 saturated carbocycles. The van der Waals surface area contributed by atoms with Crippen molar-refractivity contribution in [2.75, 3.05) is 7.05 Å². The van der Waals surface area contributed by atoms with Crippen molar-refractivity contribution in [2.45, 2.75) is 39.3 Å². The highest BCUT2D eigenvalue weighted by Crippen LogP contribution is 2.12. The van der Waals surface area contributed by atoms with Crippen LogP contribution in [0.15, 0.2) is 24.3 Å². The van der Waals surface area contributed by atoms with Crippen LogP contribution in [0.2, 0.25) is 0 Å². The number of carbonyl (C=O) groups is 1. The van der Waals surface area contributed by atoms with E-state index in [4.69, 9.17) is 5.11 Å². The summed E-state index contributed by atoms with van der Waals surface area (Å²) in [5.41, 5.74) is 1.50. The zero-order valence-electron chi connectivity index (χ0n) is 10.8. The van der Waals surface area contributed by atoms with E-state index in [0.717, 1.165) is 24.9 Å². The van der Waals surface area contributed by atoms with E-state index in [2.05, 4.69) is 25.8 Å². The molecule has 0 amide bonds. The minimum Gasteiger partial charge on any atom is -0.478 e. The monoisotopic (exact) mass is 235 g/mol. The molecule has 17 heavy (non-hydrogen) atoms. The maximum atomic E-state index is 10.7. The maximum Gasteiger partial charge on any atom is 0.335 e. The van der Waals surface area contributed by atoms with Crippen LogP contribution < -0.4 is 0 Å². The standard InChI is InChI=1S/C14H21NO2/c1-4-13(5-2)15(3)10-11-6-8-12(9-7-11)14(16)17/h6-9,13H,4-5,10H2,1-3H3,(H,16,17). The first-order chi connectivity index (χ1) is 8.08. The molecule has 3 heteroatoms. The van der Waals surface area contributed by atoms with Gasteiger partial charge in [0.25, 0.3) is 0 Å². The van der Waals surface area contributed by atoms with Crippen molar-refractivity contribution >= 4 is 5.97 Å². The maximum absolute atomic E-state index is 10.7. The molecule has 0 saturated heterocycles. The van der Waals surface area contributed by atoms with Crippen molar-refractivity contribution in [3.05, 3.63) is 35.4 Å². The molecule has 0 aliphatic carbocycles. The lowest BCUT2D eigenvalue weighted by molar-refractivity contribution is 0.0697. The van der Waals surface area contributed by atoms with Gasteiger partial charge in [-0.1, -0.05) is 26.0 Å². The van der Waals surface area contributed by atoms with Crippen molar-refractivity contribution in [1.29, 1.82) is 0 Å². The topological polar surface area (TPSA) is 40.5 Å². The number of benzene rings is 1. The van der Waals surface area contributed by atoms with Crippen molar-refractivity contribution in [3.8, 4) is 0 Å². The third kappa shape index (κ3) is 3.86. The Hall–Kier alpha value is -1.35. The van der Waals surface area contributed by atoms with Gasteiger partial charge in [0.05, 0.1) is 5.56 Å². The third-order valence-electron chi connectivity index (χ3n) is 3.20. The Morgan fingerprint density at radius 1 is 1.24 bits per heavy atom. The second-order valence-corrected chi connectivity index (χ2v) is 4.39. The Morgan fingerprint density at radius 3 is 2.18 bits per heavy atom. The van der Waals surface area contributed by atoms with Crippen molar-refractivity contribution < 1.29 is 9.90 Å². The summed E-state index contributed by atoms with van der Waals surface area (Å²) in [7, 11) is 2.11. The minimum absolute atomic E-state index is 0.346. The Morgan fingerprint density at radius 2 is 1.76 bits per heavy atom. The molecule has 0 fully saturated rings. The summed E-state index contributed by atoms with van der Waals surface area (Å²) in [5, 5.41) is 8.81. The summed E-state index contributed by atoms with van der Waals surface area (Å²) in [5.74, 6) is -0.870. The minimum atomic E-state index is -0.870. The predicted molar refractivity (Wildman–Crippen MR) is 69.2 cm³/mol. The Kier molecular flexibility index (Phi) is 5.16. The Labute approximate surface area is 103 Å². The van der Waals surface area contributed by atoms with Crippen LogP contribution in [0.4, 0.5) is 0 Å². The van der Waals surface area contributed by atoms with E-state index in [1.54, 1.807) is 12.1 Å². The summed E-state index contributed by atoms with van der Waals surface area (Å²) < 4.78 is 0. The second kappa shape index (κ2) is 6.40. The van der Waals surface area contributed by atoms with Gasteiger partial charge in [0.1, 0.15) is 0 Å². The lowest BCUT2D eigenvalue weighted by Crippen LogP contribution is -2.29. The fraction of sp³-hybridized carbons (Fsp3) is 0.500. The first kappa shape index (κ1) is 13.7. The van der Waals surface area contributed by atoms with E-state index < -0.39 is 5.97 Å². The summed E-state index contributed by atoms with van der Waals surface area (Å²) >= 11 is 0. The Balaban J connectivity index is 2.65. The zero-order valence-corrected chi connectivity index (χ0v) is 10.8. The first-order valence-corrected chi connectivity index (χ1v) is 6.11. The Bertz CT molecular complexity index is 355. The molecular formula is C14H21NO2. The molecule has 1 rings (SSSR count). The summed E-state index contributed by atoms with van der Waals surface area (Å²) in [6.45, 7) is 5.25. The van der Waals surface area contributed by atoms with Gasteiger partial charge in [-0.25, -0.2) is 4.79 Å². The van der Waals surface area contributed by atoms with Crippen molar-refractivity contribution in [3.63, 3.8) is 0 Å². The fourth-order valence-electron chi connectivity index (χ4n) is 2.08. The molecule has 94 valence electrons. The van der Waals surface area contributed by atoms with Gasteiger partial charge in [0.2, 0.25) is 0 Å². The second-order valence-electron chi connectivity index (χ2n) is 4.39. The van der Waals surface area contributed by atoms with Gasteiger partial charge >= 0.3 is 5.97 Å². The van der Waals surface area contributed by atoms with Crippen LogP contribution in [0.3, 0.4) is 0 Å². The molecule has 0 aromatic heterocycles. The molecule has 1 aromatic rings. The van der Waals surface area contributed by atoms with Gasteiger partial charge in [0, 0.05) is 12.6 Å². The lowest BCUT2D eigenvalue weighted by atomic mass is 10.1. The van der Waals surface area contributed by atoms with Crippen LogP contribution in [0.1, 0.15) is 42.6 Å². The number of carboxylic acid groups (broad SMARTS) is 1. The molecule has 0 unspecified atom stereocenters. The third-order valence-corrected chi connectivity index (χ3v) is 3.20.